The minimum absolute atomic E-state index is 0.670. The van der Waals surface area contributed by atoms with Gasteiger partial charge in [0.1, 0.15) is 0 Å². The van der Waals surface area contributed by atoms with Gasteiger partial charge in [0.05, 0.1) is 0 Å². The first kappa shape index (κ1) is 14.9. The largest absolute Gasteiger partial charge is 0.314 e. The zero-order chi connectivity index (χ0) is 12.8. The first-order chi connectivity index (χ1) is 8.08. The molecule has 1 saturated heterocycles. The lowest BCUT2D eigenvalue weighted by Gasteiger charge is -2.40. The number of rotatable bonds is 6. The maximum absolute atomic E-state index is 3.67. The number of nitrogens with one attached hydrogen (secondary N) is 1. The quantitative estimate of drug-likeness (QED) is 0.763. The summed E-state index contributed by atoms with van der Waals surface area (Å²) in [5.74, 6) is 0.774. The van der Waals surface area contributed by atoms with Crippen molar-refractivity contribution in [3.8, 4) is 0 Å². The summed E-state index contributed by atoms with van der Waals surface area (Å²) in [6.45, 7) is 11.6. The highest BCUT2D eigenvalue weighted by Crippen LogP contribution is 2.18. The summed E-state index contributed by atoms with van der Waals surface area (Å²) in [5, 5.41) is 3.67. The lowest BCUT2D eigenvalue weighted by atomic mass is 9.92. The molecular formula is C14H31N3. The van der Waals surface area contributed by atoms with Crippen LogP contribution >= 0.6 is 0 Å². The topological polar surface area (TPSA) is 18.5 Å². The van der Waals surface area contributed by atoms with E-state index in [4.69, 9.17) is 0 Å². The van der Waals surface area contributed by atoms with Crippen molar-refractivity contribution in [2.24, 2.45) is 5.92 Å². The predicted molar refractivity (Wildman–Crippen MR) is 75.5 cm³/mol. The molecule has 0 aromatic carbocycles. The van der Waals surface area contributed by atoms with Gasteiger partial charge in [-0.1, -0.05) is 27.2 Å². The summed E-state index contributed by atoms with van der Waals surface area (Å²) in [5.41, 5.74) is 0. The lowest BCUT2D eigenvalue weighted by molar-refractivity contribution is 0.0952. The van der Waals surface area contributed by atoms with Gasteiger partial charge >= 0.3 is 0 Å². The minimum Gasteiger partial charge on any atom is -0.314 e. The van der Waals surface area contributed by atoms with Gasteiger partial charge in [-0.2, -0.15) is 0 Å². The normalized spacial score (nSPS) is 27.0. The molecule has 1 rings (SSSR count). The summed E-state index contributed by atoms with van der Waals surface area (Å²) in [6, 6.07) is 1.38. The van der Waals surface area contributed by atoms with Crippen LogP contribution in [0.15, 0.2) is 0 Å². The lowest BCUT2D eigenvalue weighted by Crippen LogP contribution is -2.53. The summed E-state index contributed by atoms with van der Waals surface area (Å²) >= 11 is 0. The van der Waals surface area contributed by atoms with Crippen molar-refractivity contribution >= 4 is 0 Å². The smallest absolute Gasteiger partial charge is 0.0235 e. The number of likely N-dealkylation sites (N-methyl/N-ethyl adjacent to an activating group) is 2. The summed E-state index contributed by atoms with van der Waals surface area (Å²) in [6.07, 6.45) is 2.55. The van der Waals surface area contributed by atoms with Crippen LogP contribution in [0.2, 0.25) is 0 Å². The van der Waals surface area contributed by atoms with Gasteiger partial charge in [0.15, 0.2) is 0 Å². The molecule has 1 aliphatic rings. The molecule has 1 fully saturated rings. The Balaban J connectivity index is 2.52. The second-order valence-corrected chi connectivity index (χ2v) is 5.68. The van der Waals surface area contributed by atoms with Crippen molar-refractivity contribution in [1.29, 1.82) is 0 Å². The Kier molecular flexibility index (Phi) is 6.45. The van der Waals surface area contributed by atoms with E-state index in [1.807, 2.05) is 0 Å². The Morgan fingerprint density at radius 2 is 1.94 bits per heavy atom. The third kappa shape index (κ3) is 4.57. The van der Waals surface area contributed by atoms with Crippen LogP contribution in [0.4, 0.5) is 0 Å². The number of nitrogens with zero attached hydrogens (tertiary/aromatic N) is 2. The van der Waals surface area contributed by atoms with E-state index in [9.17, 15) is 0 Å². The fourth-order valence-corrected chi connectivity index (χ4v) is 2.71. The van der Waals surface area contributed by atoms with E-state index in [1.54, 1.807) is 0 Å². The molecule has 0 bridgehead atoms. The Bertz CT molecular complexity index is 204. The molecule has 3 unspecified atom stereocenters. The summed E-state index contributed by atoms with van der Waals surface area (Å²) in [7, 11) is 4.52. The molecule has 17 heavy (non-hydrogen) atoms. The highest BCUT2D eigenvalue weighted by molar-refractivity contribution is 4.85. The van der Waals surface area contributed by atoms with Gasteiger partial charge in [-0.25, -0.2) is 0 Å². The maximum Gasteiger partial charge on any atom is 0.0235 e. The molecule has 1 aliphatic heterocycles. The monoisotopic (exact) mass is 241 g/mol. The molecule has 102 valence electrons. The number of hydrogen-bond acceptors (Lipinski definition) is 3. The predicted octanol–water partition coefficient (Wildman–Crippen LogP) is 1.65. The van der Waals surface area contributed by atoms with Crippen LogP contribution in [0.1, 0.15) is 33.6 Å². The average molecular weight is 241 g/mol. The fourth-order valence-electron chi connectivity index (χ4n) is 2.71. The van der Waals surface area contributed by atoms with Crippen LogP contribution in [0.3, 0.4) is 0 Å². The Morgan fingerprint density at radius 3 is 2.53 bits per heavy atom. The van der Waals surface area contributed by atoms with Crippen LogP contribution in [0, 0.1) is 5.92 Å². The standard InChI is InChI=1S/C14H31N3/c1-6-12(3)14(15-7-2)10-13-11-16(4)8-9-17(13)5/h12-15H,6-11H2,1-5H3. The van der Waals surface area contributed by atoms with Gasteiger partial charge in [-0.15, -0.1) is 0 Å². The van der Waals surface area contributed by atoms with Gasteiger partial charge in [0.2, 0.25) is 0 Å². The average Bonchev–Trinajstić information content (AvgIpc) is 2.32. The molecule has 0 saturated carbocycles. The van der Waals surface area contributed by atoms with Gasteiger partial charge in [-0.3, -0.25) is 0 Å². The van der Waals surface area contributed by atoms with Crippen molar-refractivity contribution in [3.63, 3.8) is 0 Å². The van der Waals surface area contributed by atoms with E-state index in [0.717, 1.165) is 12.5 Å². The van der Waals surface area contributed by atoms with Gasteiger partial charge in [0.25, 0.3) is 0 Å². The van der Waals surface area contributed by atoms with Crippen molar-refractivity contribution in [2.75, 3.05) is 40.3 Å². The van der Waals surface area contributed by atoms with E-state index in [2.05, 4.69) is 50.0 Å². The van der Waals surface area contributed by atoms with Gasteiger partial charge in [0, 0.05) is 31.7 Å². The molecule has 1 heterocycles. The van der Waals surface area contributed by atoms with Gasteiger partial charge in [-0.05, 0) is 33.0 Å². The summed E-state index contributed by atoms with van der Waals surface area (Å²) < 4.78 is 0. The van der Waals surface area contributed by atoms with Crippen molar-refractivity contribution in [2.45, 2.75) is 45.7 Å². The first-order valence-corrected chi connectivity index (χ1v) is 7.20. The summed E-state index contributed by atoms with van der Waals surface area (Å²) in [4.78, 5) is 5.00. The fraction of sp³-hybridized carbons (Fsp3) is 1.00. The Morgan fingerprint density at radius 1 is 1.24 bits per heavy atom. The third-order valence-electron chi connectivity index (χ3n) is 4.30. The van der Waals surface area contributed by atoms with Crippen LogP contribution in [0.25, 0.3) is 0 Å². The molecule has 3 atom stereocenters. The van der Waals surface area contributed by atoms with E-state index in [-0.39, 0.29) is 0 Å². The van der Waals surface area contributed by atoms with Crippen molar-refractivity contribution < 1.29 is 0 Å². The number of piperazine rings is 1. The van der Waals surface area contributed by atoms with Crippen molar-refractivity contribution in [3.05, 3.63) is 0 Å². The van der Waals surface area contributed by atoms with E-state index >= 15 is 0 Å². The van der Waals surface area contributed by atoms with Crippen molar-refractivity contribution in [1.82, 2.24) is 15.1 Å². The molecule has 0 spiro atoms. The third-order valence-corrected chi connectivity index (χ3v) is 4.30. The zero-order valence-electron chi connectivity index (χ0n) is 12.4. The van der Waals surface area contributed by atoms with E-state index in [1.165, 1.54) is 32.5 Å². The minimum atomic E-state index is 0.670. The highest BCUT2D eigenvalue weighted by atomic mass is 15.3. The molecule has 1 N–H and O–H groups in total. The molecule has 3 nitrogen and oxygen atoms in total. The second kappa shape index (κ2) is 7.34. The highest BCUT2D eigenvalue weighted by Gasteiger charge is 2.26. The van der Waals surface area contributed by atoms with Crippen LogP contribution < -0.4 is 5.32 Å². The molecule has 0 aromatic rings. The molecule has 0 amide bonds. The van der Waals surface area contributed by atoms with Crippen LogP contribution in [0.5, 0.6) is 0 Å². The van der Waals surface area contributed by atoms with E-state index < -0.39 is 0 Å². The molecular weight excluding hydrogens is 210 g/mol. The number of hydrogen-bond donors (Lipinski definition) is 1. The second-order valence-electron chi connectivity index (χ2n) is 5.68. The Hall–Kier alpha value is -0.120. The van der Waals surface area contributed by atoms with E-state index in [0.29, 0.717) is 12.1 Å². The van der Waals surface area contributed by atoms with Gasteiger partial charge < -0.3 is 15.1 Å². The SMILES string of the molecule is CCNC(CC1CN(C)CCN1C)C(C)CC. The van der Waals surface area contributed by atoms with Crippen LogP contribution in [-0.2, 0) is 0 Å². The maximum atomic E-state index is 3.67. The molecule has 3 heteroatoms. The van der Waals surface area contributed by atoms with Crippen LogP contribution in [-0.4, -0.2) is 62.2 Å². The zero-order valence-corrected chi connectivity index (χ0v) is 12.4. The Labute approximate surface area is 108 Å². The first-order valence-electron chi connectivity index (χ1n) is 7.20. The molecule has 0 aromatic heterocycles. The molecule has 0 aliphatic carbocycles. The molecule has 0 radical (unpaired) electrons.